The Bertz CT molecular complexity index is 658. The SMILES string of the molecule is CN(C)c1ncccc1O[C@H]1CCN(C(=O)Cn2ccnn2)C1. The monoisotopic (exact) mass is 316 g/mol. The lowest BCUT2D eigenvalue weighted by atomic mass is 10.3. The van der Waals surface area contributed by atoms with Gasteiger partial charge in [0.2, 0.25) is 5.91 Å². The molecule has 0 N–H and O–H groups in total. The molecule has 0 radical (unpaired) electrons. The predicted octanol–water partition coefficient (Wildman–Crippen LogP) is 0.419. The number of rotatable bonds is 5. The van der Waals surface area contributed by atoms with Crippen molar-refractivity contribution in [2.75, 3.05) is 32.1 Å². The maximum atomic E-state index is 12.2. The molecule has 122 valence electrons. The van der Waals surface area contributed by atoms with Crippen molar-refractivity contribution in [3.8, 4) is 5.75 Å². The molecule has 0 aromatic carbocycles. The molecule has 0 unspecified atom stereocenters. The van der Waals surface area contributed by atoms with Crippen LogP contribution in [0.3, 0.4) is 0 Å². The lowest BCUT2D eigenvalue weighted by Gasteiger charge is -2.20. The molecule has 3 heterocycles. The molecule has 2 aromatic rings. The van der Waals surface area contributed by atoms with E-state index in [1.54, 1.807) is 23.5 Å². The van der Waals surface area contributed by atoms with E-state index >= 15 is 0 Å². The molecule has 1 fully saturated rings. The number of aromatic nitrogens is 4. The Hall–Kier alpha value is -2.64. The van der Waals surface area contributed by atoms with Gasteiger partial charge in [-0.25, -0.2) is 9.67 Å². The summed E-state index contributed by atoms with van der Waals surface area (Å²) < 4.78 is 7.58. The summed E-state index contributed by atoms with van der Waals surface area (Å²) in [4.78, 5) is 20.3. The van der Waals surface area contributed by atoms with Gasteiger partial charge in [0.05, 0.1) is 12.7 Å². The quantitative estimate of drug-likeness (QED) is 0.796. The zero-order chi connectivity index (χ0) is 16.2. The first-order valence-corrected chi connectivity index (χ1v) is 7.54. The van der Waals surface area contributed by atoms with Crippen LogP contribution < -0.4 is 9.64 Å². The van der Waals surface area contributed by atoms with Crippen LogP contribution in [0.1, 0.15) is 6.42 Å². The van der Waals surface area contributed by atoms with E-state index in [1.165, 1.54) is 4.68 Å². The minimum absolute atomic E-state index is 0.0161. The summed E-state index contributed by atoms with van der Waals surface area (Å²) in [5, 5.41) is 7.52. The molecule has 0 spiro atoms. The topological polar surface area (TPSA) is 76.4 Å². The second kappa shape index (κ2) is 6.64. The maximum absolute atomic E-state index is 12.2. The molecule has 1 saturated heterocycles. The van der Waals surface area contributed by atoms with E-state index in [0.29, 0.717) is 13.1 Å². The van der Waals surface area contributed by atoms with Crippen LogP contribution >= 0.6 is 0 Å². The number of hydrogen-bond acceptors (Lipinski definition) is 6. The Balaban J connectivity index is 1.59. The summed E-state index contributed by atoms with van der Waals surface area (Å²) in [6.45, 7) is 1.48. The van der Waals surface area contributed by atoms with Gasteiger partial charge in [-0.05, 0) is 12.1 Å². The molecule has 8 nitrogen and oxygen atoms in total. The fourth-order valence-electron chi connectivity index (χ4n) is 2.60. The number of ether oxygens (including phenoxy) is 1. The highest BCUT2D eigenvalue weighted by Gasteiger charge is 2.28. The number of carbonyl (C=O) groups is 1. The van der Waals surface area contributed by atoms with E-state index in [4.69, 9.17) is 4.74 Å². The molecule has 1 aliphatic rings. The average Bonchev–Trinajstić information content (AvgIpc) is 3.19. The minimum atomic E-state index is -0.0161. The fourth-order valence-corrected chi connectivity index (χ4v) is 2.60. The number of pyridine rings is 1. The van der Waals surface area contributed by atoms with Gasteiger partial charge in [-0.15, -0.1) is 5.10 Å². The third kappa shape index (κ3) is 3.58. The Morgan fingerprint density at radius 2 is 2.30 bits per heavy atom. The third-order valence-corrected chi connectivity index (χ3v) is 3.74. The van der Waals surface area contributed by atoms with Crippen LogP contribution in [-0.2, 0) is 11.3 Å². The summed E-state index contributed by atoms with van der Waals surface area (Å²) in [6, 6.07) is 3.76. The van der Waals surface area contributed by atoms with Crippen LogP contribution in [-0.4, -0.2) is 64.1 Å². The summed E-state index contributed by atoms with van der Waals surface area (Å²) in [7, 11) is 3.86. The molecule has 3 rings (SSSR count). The van der Waals surface area contributed by atoms with Gasteiger partial charge in [-0.3, -0.25) is 4.79 Å². The summed E-state index contributed by atoms with van der Waals surface area (Å²) in [5.41, 5.74) is 0. The molecule has 1 atom stereocenters. The van der Waals surface area contributed by atoms with Crippen molar-refractivity contribution < 1.29 is 9.53 Å². The van der Waals surface area contributed by atoms with Crippen molar-refractivity contribution in [3.05, 3.63) is 30.7 Å². The van der Waals surface area contributed by atoms with Gasteiger partial charge in [0.15, 0.2) is 11.6 Å². The zero-order valence-corrected chi connectivity index (χ0v) is 13.3. The van der Waals surface area contributed by atoms with Crippen LogP contribution in [0.2, 0.25) is 0 Å². The molecule has 1 amide bonds. The Kier molecular flexibility index (Phi) is 4.40. The number of anilines is 1. The lowest BCUT2D eigenvalue weighted by Crippen LogP contribution is -2.33. The average molecular weight is 316 g/mol. The van der Waals surface area contributed by atoms with E-state index in [2.05, 4.69) is 15.3 Å². The van der Waals surface area contributed by atoms with Gasteiger partial charge >= 0.3 is 0 Å². The molecule has 0 saturated carbocycles. The summed E-state index contributed by atoms with van der Waals surface area (Å²) >= 11 is 0. The highest BCUT2D eigenvalue weighted by Crippen LogP contribution is 2.26. The van der Waals surface area contributed by atoms with Crippen LogP contribution in [0.25, 0.3) is 0 Å². The highest BCUT2D eigenvalue weighted by atomic mass is 16.5. The Morgan fingerprint density at radius 3 is 3.04 bits per heavy atom. The molecule has 0 bridgehead atoms. The largest absolute Gasteiger partial charge is 0.485 e. The molecule has 2 aromatic heterocycles. The van der Waals surface area contributed by atoms with Crippen molar-refractivity contribution in [1.29, 1.82) is 0 Å². The van der Waals surface area contributed by atoms with Gasteiger partial charge in [0.1, 0.15) is 12.6 Å². The summed E-state index contributed by atoms with van der Waals surface area (Å²) in [5.74, 6) is 1.56. The van der Waals surface area contributed by atoms with Gasteiger partial charge < -0.3 is 14.5 Å². The van der Waals surface area contributed by atoms with E-state index in [0.717, 1.165) is 18.0 Å². The number of likely N-dealkylation sites (tertiary alicyclic amines) is 1. The van der Waals surface area contributed by atoms with E-state index in [1.807, 2.05) is 31.1 Å². The zero-order valence-electron chi connectivity index (χ0n) is 13.3. The first kappa shape index (κ1) is 15.3. The second-order valence-corrected chi connectivity index (χ2v) is 5.69. The maximum Gasteiger partial charge on any atom is 0.244 e. The minimum Gasteiger partial charge on any atom is -0.485 e. The predicted molar refractivity (Wildman–Crippen MR) is 84.2 cm³/mol. The lowest BCUT2D eigenvalue weighted by molar-refractivity contribution is -0.131. The van der Waals surface area contributed by atoms with Crippen molar-refractivity contribution >= 4 is 11.7 Å². The van der Waals surface area contributed by atoms with Crippen molar-refractivity contribution in [3.63, 3.8) is 0 Å². The smallest absolute Gasteiger partial charge is 0.244 e. The van der Waals surface area contributed by atoms with E-state index in [9.17, 15) is 4.79 Å². The van der Waals surface area contributed by atoms with Gasteiger partial charge in [-0.2, -0.15) is 0 Å². The molecule has 0 aliphatic carbocycles. The summed E-state index contributed by atoms with van der Waals surface area (Å²) in [6.07, 6.45) is 5.78. The molecule has 8 heteroatoms. The van der Waals surface area contributed by atoms with Gasteiger partial charge in [-0.1, -0.05) is 5.21 Å². The number of amides is 1. The fraction of sp³-hybridized carbons (Fsp3) is 0.467. The molecular formula is C15H20N6O2. The molecular weight excluding hydrogens is 296 g/mol. The number of hydrogen-bond donors (Lipinski definition) is 0. The van der Waals surface area contributed by atoms with Crippen molar-refractivity contribution in [1.82, 2.24) is 24.9 Å². The van der Waals surface area contributed by atoms with Crippen molar-refractivity contribution in [2.45, 2.75) is 19.1 Å². The van der Waals surface area contributed by atoms with E-state index in [-0.39, 0.29) is 18.6 Å². The first-order chi connectivity index (χ1) is 11.1. The van der Waals surface area contributed by atoms with Crippen LogP contribution in [0.4, 0.5) is 5.82 Å². The number of carbonyl (C=O) groups excluding carboxylic acids is 1. The second-order valence-electron chi connectivity index (χ2n) is 5.69. The third-order valence-electron chi connectivity index (χ3n) is 3.74. The van der Waals surface area contributed by atoms with Crippen LogP contribution in [0, 0.1) is 0 Å². The van der Waals surface area contributed by atoms with Gasteiger partial charge in [0, 0.05) is 39.5 Å². The molecule has 23 heavy (non-hydrogen) atoms. The van der Waals surface area contributed by atoms with Crippen LogP contribution in [0.5, 0.6) is 5.75 Å². The Morgan fingerprint density at radius 1 is 1.43 bits per heavy atom. The standard InChI is InChI=1S/C15H20N6O2/c1-19(2)15-13(4-3-6-16-15)23-12-5-8-20(10-12)14(22)11-21-9-7-17-18-21/h3-4,6-7,9,12H,5,8,10-11H2,1-2H3/t12-/m0/s1. The number of nitrogens with zero attached hydrogens (tertiary/aromatic N) is 6. The first-order valence-electron chi connectivity index (χ1n) is 7.54. The molecule has 1 aliphatic heterocycles. The normalized spacial score (nSPS) is 17.3. The van der Waals surface area contributed by atoms with E-state index < -0.39 is 0 Å². The Labute approximate surface area is 134 Å². The van der Waals surface area contributed by atoms with Gasteiger partial charge in [0.25, 0.3) is 0 Å². The van der Waals surface area contributed by atoms with Crippen LogP contribution in [0.15, 0.2) is 30.7 Å². The van der Waals surface area contributed by atoms with Crippen molar-refractivity contribution in [2.24, 2.45) is 0 Å². The highest BCUT2D eigenvalue weighted by molar-refractivity contribution is 5.76.